The molecule has 1 rings (SSSR count). The first-order chi connectivity index (χ1) is 7.89. The zero-order valence-electron chi connectivity index (χ0n) is 8.18. The molecule has 17 heavy (non-hydrogen) atoms. The SMILES string of the molecule is N#CCc1c(I)ncc(CF)c1OC(F)(F)F. The zero-order chi connectivity index (χ0) is 13.1. The topological polar surface area (TPSA) is 45.9 Å². The Bertz CT molecular complexity index is 456. The van der Waals surface area contributed by atoms with Gasteiger partial charge in [0.2, 0.25) is 0 Å². The van der Waals surface area contributed by atoms with Crippen LogP contribution in [0.25, 0.3) is 0 Å². The molecule has 0 amide bonds. The summed E-state index contributed by atoms with van der Waals surface area (Å²) in [7, 11) is 0. The van der Waals surface area contributed by atoms with Crippen LogP contribution < -0.4 is 4.74 Å². The predicted molar refractivity (Wildman–Crippen MR) is 57.8 cm³/mol. The average Bonchev–Trinajstić information content (AvgIpc) is 2.22. The van der Waals surface area contributed by atoms with Gasteiger partial charge in [0.1, 0.15) is 16.1 Å². The van der Waals surface area contributed by atoms with Gasteiger partial charge < -0.3 is 4.74 Å². The van der Waals surface area contributed by atoms with Gasteiger partial charge in [0, 0.05) is 17.3 Å². The van der Waals surface area contributed by atoms with Gasteiger partial charge >= 0.3 is 6.36 Å². The number of pyridine rings is 1. The number of hydrogen-bond donors (Lipinski definition) is 0. The van der Waals surface area contributed by atoms with E-state index >= 15 is 0 Å². The van der Waals surface area contributed by atoms with Crippen molar-refractivity contribution in [2.75, 3.05) is 0 Å². The molecule has 0 N–H and O–H groups in total. The molecule has 0 saturated heterocycles. The summed E-state index contributed by atoms with van der Waals surface area (Å²) < 4.78 is 53.0. The minimum atomic E-state index is -4.93. The summed E-state index contributed by atoms with van der Waals surface area (Å²) >= 11 is 1.66. The second kappa shape index (κ2) is 5.48. The second-order valence-corrected chi connectivity index (χ2v) is 3.92. The number of alkyl halides is 4. The summed E-state index contributed by atoms with van der Waals surface area (Å²) in [5, 5.41) is 8.52. The third kappa shape index (κ3) is 3.69. The van der Waals surface area contributed by atoms with Crippen LogP contribution in [-0.4, -0.2) is 11.3 Å². The molecule has 0 atom stereocenters. The van der Waals surface area contributed by atoms with Crippen molar-refractivity contribution in [3.05, 3.63) is 21.0 Å². The normalized spacial score (nSPS) is 11.1. The van der Waals surface area contributed by atoms with E-state index in [4.69, 9.17) is 5.26 Å². The van der Waals surface area contributed by atoms with Crippen LogP contribution in [0.15, 0.2) is 6.20 Å². The van der Waals surface area contributed by atoms with Gasteiger partial charge in [-0.3, -0.25) is 0 Å². The highest BCUT2D eigenvalue weighted by atomic mass is 127. The lowest BCUT2D eigenvalue weighted by Gasteiger charge is -2.15. The van der Waals surface area contributed by atoms with Gasteiger partial charge in [0.05, 0.1) is 12.5 Å². The molecule has 0 radical (unpaired) electrons. The summed E-state index contributed by atoms with van der Waals surface area (Å²) in [6.45, 7) is -1.15. The Labute approximate surface area is 108 Å². The maximum atomic E-state index is 12.5. The number of aromatic nitrogens is 1. The van der Waals surface area contributed by atoms with Gasteiger partial charge in [-0.1, -0.05) is 0 Å². The van der Waals surface area contributed by atoms with E-state index in [0.29, 0.717) is 0 Å². The van der Waals surface area contributed by atoms with Crippen LogP contribution in [-0.2, 0) is 13.1 Å². The molecule has 0 saturated carbocycles. The Hall–Kier alpha value is -1.11. The Kier molecular flexibility index (Phi) is 4.50. The van der Waals surface area contributed by atoms with Gasteiger partial charge in [0.25, 0.3) is 0 Å². The number of rotatable bonds is 3. The smallest absolute Gasteiger partial charge is 0.405 e. The van der Waals surface area contributed by atoms with E-state index in [0.717, 1.165) is 6.20 Å². The van der Waals surface area contributed by atoms with Crippen LogP contribution in [0.5, 0.6) is 5.75 Å². The minimum absolute atomic E-state index is 0.0550. The van der Waals surface area contributed by atoms with Crippen molar-refractivity contribution in [2.45, 2.75) is 19.5 Å². The van der Waals surface area contributed by atoms with Crippen molar-refractivity contribution < 1.29 is 22.3 Å². The van der Waals surface area contributed by atoms with Gasteiger partial charge in [-0.2, -0.15) is 5.26 Å². The highest BCUT2D eigenvalue weighted by Crippen LogP contribution is 2.32. The molecule has 92 valence electrons. The summed E-state index contributed by atoms with van der Waals surface area (Å²) in [5.41, 5.74) is -0.381. The summed E-state index contributed by atoms with van der Waals surface area (Å²) in [6.07, 6.45) is -4.30. The first-order valence-corrected chi connectivity index (χ1v) is 5.31. The lowest BCUT2D eigenvalue weighted by Crippen LogP contribution is -2.20. The van der Waals surface area contributed by atoms with Crippen LogP contribution >= 0.6 is 22.6 Å². The predicted octanol–water partition coefficient (Wildman–Crippen LogP) is 3.12. The van der Waals surface area contributed by atoms with Gasteiger partial charge in [-0.05, 0) is 22.6 Å². The van der Waals surface area contributed by atoms with Crippen LogP contribution in [0.4, 0.5) is 17.6 Å². The van der Waals surface area contributed by atoms with Crippen molar-refractivity contribution in [3.8, 4) is 11.8 Å². The van der Waals surface area contributed by atoms with E-state index in [1.165, 1.54) is 0 Å². The zero-order valence-corrected chi connectivity index (χ0v) is 10.3. The summed E-state index contributed by atoms with van der Waals surface area (Å²) in [5.74, 6) is -0.666. The first-order valence-electron chi connectivity index (χ1n) is 4.24. The van der Waals surface area contributed by atoms with Crippen LogP contribution in [0.3, 0.4) is 0 Å². The van der Waals surface area contributed by atoms with E-state index in [1.54, 1.807) is 28.7 Å². The van der Waals surface area contributed by atoms with E-state index < -0.39 is 18.8 Å². The highest BCUT2D eigenvalue weighted by molar-refractivity contribution is 14.1. The molecule has 0 fully saturated rings. The van der Waals surface area contributed by atoms with Gasteiger partial charge in [0.15, 0.2) is 0 Å². The molecular formula is C9H5F4IN2O. The van der Waals surface area contributed by atoms with Crippen molar-refractivity contribution in [3.63, 3.8) is 0 Å². The van der Waals surface area contributed by atoms with E-state index in [1.807, 2.05) is 0 Å². The minimum Gasteiger partial charge on any atom is -0.405 e. The van der Waals surface area contributed by atoms with Crippen molar-refractivity contribution >= 4 is 22.6 Å². The van der Waals surface area contributed by atoms with Crippen molar-refractivity contribution in [1.29, 1.82) is 5.26 Å². The fourth-order valence-corrected chi connectivity index (χ4v) is 1.70. The van der Waals surface area contributed by atoms with Crippen LogP contribution in [0, 0.1) is 15.0 Å². The number of nitrogens with zero attached hydrogens (tertiary/aromatic N) is 2. The number of ether oxygens (including phenoxy) is 1. The lowest BCUT2D eigenvalue weighted by atomic mass is 10.1. The van der Waals surface area contributed by atoms with Crippen LogP contribution in [0.1, 0.15) is 11.1 Å². The third-order valence-corrected chi connectivity index (χ3v) is 2.70. The third-order valence-electron chi connectivity index (χ3n) is 1.77. The molecule has 0 aromatic carbocycles. The Morgan fingerprint density at radius 3 is 2.59 bits per heavy atom. The van der Waals surface area contributed by atoms with Gasteiger partial charge in [-0.25, -0.2) is 9.37 Å². The van der Waals surface area contributed by atoms with E-state index in [-0.39, 0.29) is 21.2 Å². The van der Waals surface area contributed by atoms with Crippen molar-refractivity contribution in [1.82, 2.24) is 4.98 Å². The van der Waals surface area contributed by atoms with Gasteiger partial charge in [-0.15, -0.1) is 13.2 Å². The molecule has 0 aliphatic carbocycles. The monoisotopic (exact) mass is 360 g/mol. The van der Waals surface area contributed by atoms with E-state index in [2.05, 4.69) is 9.72 Å². The fourth-order valence-electron chi connectivity index (χ4n) is 1.13. The molecule has 3 nitrogen and oxygen atoms in total. The van der Waals surface area contributed by atoms with Crippen molar-refractivity contribution in [2.24, 2.45) is 0 Å². The molecule has 1 aromatic heterocycles. The largest absolute Gasteiger partial charge is 0.573 e. The molecule has 1 heterocycles. The second-order valence-electron chi connectivity index (χ2n) is 2.90. The van der Waals surface area contributed by atoms with Crippen LogP contribution in [0.2, 0.25) is 0 Å². The summed E-state index contributed by atoms with van der Waals surface area (Å²) in [6, 6.07) is 1.69. The maximum Gasteiger partial charge on any atom is 0.573 e. The molecule has 0 aliphatic heterocycles. The molecular weight excluding hydrogens is 355 g/mol. The first kappa shape index (κ1) is 14.0. The summed E-state index contributed by atoms with van der Waals surface area (Å²) in [4.78, 5) is 3.71. The molecule has 0 spiro atoms. The molecule has 0 aliphatic rings. The van der Waals surface area contributed by atoms with E-state index in [9.17, 15) is 17.6 Å². The average molecular weight is 360 g/mol. The quantitative estimate of drug-likeness (QED) is 0.473. The molecule has 0 unspecified atom stereocenters. The number of hydrogen-bond acceptors (Lipinski definition) is 3. The Morgan fingerprint density at radius 1 is 1.47 bits per heavy atom. The molecule has 0 bridgehead atoms. The standard InChI is InChI=1S/C9H5F4IN2O/c10-3-5-4-16-8(14)6(1-2-15)7(5)17-9(11,12)13/h4H,1,3H2. The highest BCUT2D eigenvalue weighted by Gasteiger charge is 2.34. The Morgan fingerprint density at radius 2 is 2.12 bits per heavy atom. The Balaban J connectivity index is 3.30. The fraction of sp³-hybridized carbons (Fsp3) is 0.333. The number of nitriles is 1. The molecule has 1 aromatic rings. The lowest BCUT2D eigenvalue weighted by molar-refractivity contribution is -0.275. The number of halogens is 5. The maximum absolute atomic E-state index is 12.5. The molecule has 8 heteroatoms.